The van der Waals surface area contributed by atoms with Crippen LogP contribution in [0.5, 0.6) is 5.75 Å². The van der Waals surface area contributed by atoms with Gasteiger partial charge in [0.25, 0.3) is 0 Å². The van der Waals surface area contributed by atoms with Gasteiger partial charge in [0.1, 0.15) is 12.4 Å². The standard InChI is InChI=1S/C11H17NO4.ClH/c1-3-12(4-2)6-10-11(15)9(14)5-8(7-13)16-10;/h5,13,15H,3-4,6-7H2,1-2H3;1H. The number of rotatable bonds is 5. The molecule has 0 aliphatic carbocycles. The quantitative estimate of drug-likeness (QED) is 0.832. The maximum Gasteiger partial charge on any atom is 0.227 e. The second-order valence-electron chi connectivity index (χ2n) is 3.47. The number of aliphatic hydroxyl groups is 1. The van der Waals surface area contributed by atoms with Gasteiger partial charge in [0.2, 0.25) is 11.2 Å². The topological polar surface area (TPSA) is 73.9 Å². The van der Waals surface area contributed by atoms with Gasteiger partial charge in [0.15, 0.2) is 5.76 Å². The van der Waals surface area contributed by atoms with Gasteiger partial charge in [-0.15, -0.1) is 12.4 Å². The largest absolute Gasteiger partial charge is 0.502 e. The number of aliphatic hydroxyl groups excluding tert-OH is 1. The zero-order chi connectivity index (χ0) is 12.1. The first-order valence-corrected chi connectivity index (χ1v) is 5.30. The van der Waals surface area contributed by atoms with Crippen LogP contribution in [0.1, 0.15) is 25.4 Å². The van der Waals surface area contributed by atoms with Crippen molar-refractivity contribution >= 4 is 12.4 Å². The molecule has 1 aromatic rings. The number of aromatic hydroxyl groups is 1. The molecule has 0 saturated carbocycles. The van der Waals surface area contributed by atoms with Crippen molar-refractivity contribution in [2.45, 2.75) is 27.0 Å². The van der Waals surface area contributed by atoms with Crippen LogP contribution in [0.3, 0.4) is 0 Å². The molecule has 6 heteroatoms. The van der Waals surface area contributed by atoms with Gasteiger partial charge in [-0.05, 0) is 13.1 Å². The minimum Gasteiger partial charge on any atom is -0.502 e. The van der Waals surface area contributed by atoms with Crippen LogP contribution in [0.15, 0.2) is 15.3 Å². The van der Waals surface area contributed by atoms with Crippen molar-refractivity contribution in [1.29, 1.82) is 0 Å². The lowest BCUT2D eigenvalue weighted by atomic mass is 10.3. The molecule has 2 N–H and O–H groups in total. The van der Waals surface area contributed by atoms with Crippen LogP contribution >= 0.6 is 12.4 Å². The van der Waals surface area contributed by atoms with Crippen molar-refractivity contribution in [2.24, 2.45) is 0 Å². The highest BCUT2D eigenvalue weighted by atomic mass is 35.5. The predicted octanol–water partition coefficient (Wildman–Crippen LogP) is 1.10. The molecule has 0 amide bonds. The monoisotopic (exact) mass is 263 g/mol. The Kier molecular flexibility index (Phi) is 6.87. The Bertz CT molecular complexity index is 401. The number of halogens is 1. The van der Waals surface area contributed by atoms with E-state index in [1.165, 1.54) is 0 Å². The predicted molar refractivity (Wildman–Crippen MR) is 66.4 cm³/mol. The molecule has 1 heterocycles. The summed E-state index contributed by atoms with van der Waals surface area (Å²) in [5, 5.41) is 18.4. The second kappa shape index (κ2) is 7.32. The molecule has 0 radical (unpaired) electrons. The van der Waals surface area contributed by atoms with E-state index in [9.17, 15) is 9.90 Å². The van der Waals surface area contributed by atoms with E-state index < -0.39 is 5.43 Å². The summed E-state index contributed by atoms with van der Waals surface area (Å²) < 4.78 is 5.23. The van der Waals surface area contributed by atoms with E-state index in [1.807, 2.05) is 18.7 Å². The summed E-state index contributed by atoms with van der Waals surface area (Å²) in [5.74, 6) is 0.00862. The molecule has 0 unspecified atom stereocenters. The van der Waals surface area contributed by atoms with Crippen LogP contribution in [-0.4, -0.2) is 28.2 Å². The van der Waals surface area contributed by atoms with Crippen LogP contribution < -0.4 is 5.43 Å². The summed E-state index contributed by atoms with van der Waals surface area (Å²) in [5.41, 5.74) is -0.516. The molecule has 0 fully saturated rings. The summed E-state index contributed by atoms with van der Waals surface area (Å²) in [7, 11) is 0. The molecule has 0 spiro atoms. The van der Waals surface area contributed by atoms with Crippen LogP contribution in [-0.2, 0) is 13.2 Å². The van der Waals surface area contributed by atoms with Crippen molar-refractivity contribution in [3.05, 3.63) is 27.8 Å². The molecule has 0 saturated heterocycles. The Hall–Kier alpha value is -1.04. The molecule has 5 nitrogen and oxygen atoms in total. The molecule has 98 valence electrons. The fraction of sp³-hybridized carbons (Fsp3) is 0.545. The molecule has 0 aliphatic heterocycles. The summed E-state index contributed by atoms with van der Waals surface area (Å²) in [6.45, 7) is 5.57. The number of hydrogen-bond acceptors (Lipinski definition) is 5. The van der Waals surface area contributed by atoms with Crippen LogP contribution in [0.2, 0.25) is 0 Å². The summed E-state index contributed by atoms with van der Waals surface area (Å²) >= 11 is 0. The Balaban J connectivity index is 0.00000256. The third-order valence-electron chi connectivity index (χ3n) is 2.46. The third kappa shape index (κ3) is 4.03. The van der Waals surface area contributed by atoms with Gasteiger partial charge < -0.3 is 14.6 Å². The van der Waals surface area contributed by atoms with Gasteiger partial charge >= 0.3 is 0 Å². The van der Waals surface area contributed by atoms with Crippen LogP contribution in [0.25, 0.3) is 0 Å². The maximum absolute atomic E-state index is 11.3. The molecular formula is C11H18ClNO4. The third-order valence-corrected chi connectivity index (χ3v) is 2.46. The van der Waals surface area contributed by atoms with E-state index in [-0.39, 0.29) is 36.3 Å². The molecule has 0 atom stereocenters. The van der Waals surface area contributed by atoms with Gasteiger partial charge in [-0.2, -0.15) is 0 Å². The summed E-state index contributed by atoms with van der Waals surface area (Å²) in [6, 6.07) is 1.10. The van der Waals surface area contributed by atoms with Crippen molar-refractivity contribution < 1.29 is 14.6 Å². The summed E-state index contributed by atoms with van der Waals surface area (Å²) in [4.78, 5) is 13.3. The number of hydrogen-bond donors (Lipinski definition) is 2. The molecular weight excluding hydrogens is 246 g/mol. The zero-order valence-corrected chi connectivity index (χ0v) is 10.8. The highest BCUT2D eigenvalue weighted by Crippen LogP contribution is 2.15. The number of nitrogens with zero attached hydrogens (tertiary/aromatic N) is 1. The summed E-state index contributed by atoms with van der Waals surface area (Å²) in [6.07, 6.45) is 0. The minimum absolute atomic E-state index is 0. The highest BCUT2D eigenvalue weighted by molar-refractivity contribution is 5.85. The Morgan fingerprint density at radius 2 is 1.94 bits per heavy atom. The van der Waals surface area contributed by atoms with Crippen molar-refractivity contribution in [2.75, 3.05) is 13.1 Å². The van der Waals surface area contributed by atoms with E-state index in [1.54, 1.807) is 0 Å². The fourth-order valence-electron chi connectivity index (χ4n) is 1.42. The fourth-order valence-corrected chi connectivity index (χ4v) is 1.42. The van der Waals surface area contributed by atoms with Crippen LogP contribution in [0, 0.1) is 0 Å². The first-order valence-electron chi connectivity index (χ1n) is 5.30. The molecule has 1 aromatic heterocycles. The van der Waals surface area contributed by atoms with Crippen molar-refractivity contribution in [3.63, 3.8) is 0 Å². The molecule has 0 aliphatic rings. The molecule has 1 rings (SSSR count). The van der Waals surface area contributed by atoms with Crippen molar-refractivity contribution in [3.8, 4) is 5.75 Å². The van der Waals surface area contributed by atoms with E-state index in [0.717, 1.165) is 19.2 Å². The first kappa shape index (κ1) is 16.0. The van der Waals surface area contributed by atoms with E-state index in [4.69, 9.17) is 9.52 Å². The average Bonchev–Trinajstić information content (AvgIpc) is 2.30. The second-order valence-corrected chi connectivity index (χ2v) is 3.47. The zero-order valence-electron chi connectivity index (χ0n) is 9.97. The molecule has 0 aromatic carbocycles. The lowest BCUT2D eigenvalue weighted by Crippen LogP contribution is -2.23. The van der Waals surface area contributed by atoms with E-state index in [2.05, 4.69) is 0 Å². The molecule has 17 heavy (non-hydrogen) atoms. The smallest absolute Gasteiger partial charge is 0.227 e. The maximum atomic E-state index is 11.3. The van der Waals surface area contributed by atoms with E-state index >= 15 is 0 Å². The Labute approximate surface area is 106 Å². The normalized spacial score (nSPS) is 10.4. The Morgan fingerprint density at radius 1 is 1.35 bits per heavy atom. The van der Waals surface area contributed by atoms with E-state index in [0.29, 0.717) is 6.54 Å². The molecule has 0 bridgehead atoms. The SMILES string of the molecule is CCN(CC)Cc1oc(CO)cc(=O)c1O.Cl. The van der Waals surface area contributed by atoms with Crippen molar-refractivity contribution in [1.82, 2.24) is 4.90 Å². The lowest BCUT2D eigenvalue weighted by Gasteiger charge is -2.17. The highest BCUT2D eigenvalue weighted by Gasteiger charge is 2.13. The van der Waals surface area contributed by atoms with Crippen LogP contribution in [0.4, 0.5) is 0 Å². The Morgan fingerprint density at radius 3 is 2.41 bits per heavy atom. The van der Waals surface area contributed by atoms with Gasteiger partial charge in [0, 0.05) is 6.07 Å². The lowest BCUT2D eigenvalue weighted by molar-refractivity contribution is 0.214. The first-order chi connectivity index (χ1) is 7.62. The minimum atomic E-state index is -0.516. The van der Waals surface area contributed by atoms with Gasteiger partial charge in [0.05, 0.1) is 6.54 Å². The van der Waals surface area contributed by atoms with Gasteiger partial charge in [-0.25, -0.2) is 0 Å². The van der Waals surface area contributed by atoms with Gasteiger partial charge in [-0.1, -0.05) is 13.8 Å². The average molecular weight is 264 g/mol. The van der Waals surface area contributed by atoms with Gasteiger partial charge in [-0.3, -0.25) is 9.69 Å².